The molecule has 9 rings (SSSR count). The highest BCUT2D eigenvalue weighted by molar-refractivity contribution is 6.02. The Kier molecular flexibility index (Phi) is 16.1. The molecule has 0 saturated carbocycles. The van der Waals surface area contributed by atoms with Gasteiger partial charge < -0.3 is 14.7 Å². The predicted molar refractivity (Wildman–Crippen MR) is 205 cm³/mol. The number of nitrogens with zero attached hydrogens (tertiary/aromatic N) is 3. The lowest BCUT2D eigenvalue weighted by Gasteiger charge is -2.34. The molecule has 0 spiro atoms. The van der Waals surface area contributed by atoms with E-state index >= 15 is 0 Å². The molecule has 0 atom stereocenters. The van der Waals surface area contributed by atoms with Gasteiger partial charge in [-0.15, -0.1) is 0 Å². The molecule has 48 heavy (non-hydrogen) atoms. The Balaban J connectivity index is 0.000000228. The van der Waals surface area contributed by atoms with E-state index in [1.165, 1.54) is 50.4 Å². The van der Waals surface area contributed by atoms with Crippen molar-refractivity contribution in [2.75, 3.05) is 34.3 Å². The van der Waals surface area contributed by atoms with E-state index in [4.69, 9.17) is 0 Å². The number of anilines is 3. The van der Waals surface area contributed by atoms with Crippen LogP contribution in [0.1, 0.15) is 115 Å². The summed E-state index contributed by atoms with van der Waals surface area (Å²) in [4.78, 5) is 40.7. The van der Waals surface area contributed by atoms with Gasteiger partial charge >= 0.3 is 0 Å². The van der Waals surface area contributed by atoms with Crippen LogP contribution in [-0.4, -0.2) is 37.4 Å². The maximum absolute atomic E-state index is 11.7. The molecule has 3 aromatic rings. The van der Waals surface area contributed by atoms with Gasteiger partial charge in [0.15, 0.2) is 0 Å². The second-order valence-electron chi connectivity index (χ2n) is 11.5. The Morgan fingerprint density at radius 3 is 1.19 bits per heavy atom. The fourth-order valence-electron chi connectivity index (χ4n) is 7.31. The highest BCUT2D eigenvalue weighted by atomic mass is 16.2. The molecule has 6 heteroatoms. The van der Waals surface area contributed by atoms with Gasteiger partial charge in [-0.3, -0.25) is 14.4 Å². The number of carbonyl (C=O) groups is 3. The summed E-state index contributed by atoms with van der Waals surface area (Å²) in [6.45, 7) is 14.7. The van der Waals surface area contributed by atoms with Crippen molar-refractivity contribution in [2.45, 2.75) is 121 Å². The van der Waals surface area contributed by atoms with Crippen LogP contribution in [0.15, 0.2) is 54.6 Å². The van der Waals surface area contributed by atoms with E-state index in [2.05, 4.69) is 54.6 Å². The highest BCUT2D eigenvalue weighted by Crippen LogP contribution is 2.38. The standard InChI is InChI=1S/C12H13NO.2C11H11NO.3C2H6.2CH4/c14-11-7-6-10-4-1-3-9-5-2-8-13(11)12(9)10;13-10-7-9-4-1-3-8-5-2-6-12(10)11(8)9;13-10-5-4-8-2-1-3-9-6-7-12(10)11(8)9;3*1-2;;/h1,3-4H,2,5-8H2;1,3-4H,2,5-7H2;1-3H,4-7H2;3*1-2H3;2*1H4. The van der Waals surface area contributed by atoms with E-state index in [0.29, 0.717) is 31.1 Å². The molecule has 6 heterocycles. The molecule has 0 bridgehead atoms. The van der Waals surface area contributed by atoms with Crippen LogP contribution in [0.25, 0.3) is 0 Å². The molecule has 6 aliphatic rings. The third-order valence-corrected chi connectivity index (χ3v) is 9.14. The second-order valence-corrected chi connectivity index (χ2v) is 11.5. The monoisotopic (exact) mass is 655 g/mol. The Morgan fingerprint density at radius 1 is 0.396 bits per heavy atom. The summed E-state index contributed by atoms with van der Waals surface area (Å²) in [6.07, 6.45) is 9.38. The molecule has 0 radical (unpaired) electrons. The average Bonchev–Trinajstić information content (AvgIpc) is 3.71. The quantitative estimate of drug-likeness (QED) is 0.243. The van der Waals surface area contributed by atoms with Gasteiger partial charge in [-0.25, -0.2) is 0 Å². The van der Waals surface area contributed by atoms with Crippen LogP contribution in [-0.2, 0) is 52.9 Å². The van der Waals surface area contributed by atoms with E-state index in [9.17, 15) is 14.4 Å². The Morgan fingerprint density at radius 2 is 0.729 bits per heavy atom. The number of para-hydroxylation sites is 3. The van der Waals surface area contributed by atoms with Gasteiger partial charge in [-0.2, -0.15) is 0 Å². The Hall–Kier alpha value is -3.93. The molecule has 3 aromatic carbocycles. The first-order valence-electron chi connectivity index (χ1n) is 17.8. The lowest BCUT2D eigenvalue weighted by atomic mass is 9.92. The minimum Gasteiger partial charge on any atom is -0.312 e. The largest absolute Gasteiger partial charge is 0.312 e. The summed E-state index contributed by atoms with van der Waals surface area (Å²) < 4.78 is 0. The number of hydrogen-bond acceptors (Lipinski definition) is 3. The zero-order chi connectivity index (χ0) is 33.2. The fraction of sp³-hybridized carbons (Fsp3) is 0.500. The zero-order valence-electron chi connectivity index (χ0n) is 29.0. The fourth-order valence-corrected chi connectivity index (χ4v) is 7.31. The highest BCUT2D eigenvalue weighted by Gasteiger charge is 2.32. The van der Waals surface area contributed by atoms with E-state index in [1.54, 1.807) is 0 Å². The van der Waals surface area contributed by atoms with Crippen molar-refractivity contribution in [2.24, 2.45) is 0 Å². The van der Waals surface area contributed by atoms with Crippen molar-refractivity contribution in [3.05, 3.63) is 88.0 Å². The summed E-state index contributed by atoms with van der Waals surface area (Å²) in [5.74, 6) is 0.893. The first kappa shape index (κ1) is 40.2. The first-order chi connectivity index (χ1) is 22.6. The minimum absolute atomic E-state index is 0. The third kappa shape index (κ3) is 8.19. The van der Waals surface area contributed by atoms with Gasteiger partial charge in [0.05, 0.1) is 17.8 Å². The van der Waals surface area contributed by atoms with Crippen molar-refractivity contribution < 1.29 is 14.4 Å². The van der Waals surface area contributed by atoms with E-state index < -0.39 is 0 Å². The maximum atomic E-state index is 11.7. The lowest BCUT2D eigenvalue weighted by molar-refractivity contribution is -0.119. The molecule has 0 aromatic heterocycles. The molecule has 6 nitrogen and oxygen atoms in total. The number of carbonyl (C=O) groups excluding carboxylic acids is 3. The molecule has 6 aliphatic heterocycles. The van der Waals surface area contributed by atoms with Gasteiger partial charge in [-0.1, -0.05) is 111 Å². The van der Waals surface area contributed by atoms with Crippen LogP contribution in [0.3, 0.4) is 0 Å². The van der Waals surface area contributed by atoms with Crippen molar-refractivity contribution in [1.82, 2.24) is 0 Å². The molecule has 0 N–H and O–H groups in total. The van der Waals surface area contributed by atoms with Crippen molar-refractivity contribution in [3.8, 4) is 0 Å². The van der Waals surface area contributed by atoms with Crippen molar-refractivity contribution in [3.63, 3.8) is 0 Å². The molecular formula is C42H61N3O3. The summed E-state index contributed by atoms with van der Waals surface area (Å²) in [5, 5.41) is 0. The van der Waals surface area contributed by atoms with Crippen LogP contribution in [0, 0.1) is 0 Å². The number of rotatable bonds is 0. The topological polar surface area (TPSA) is 60.9 Å². The normalized spacial score (nSPS) is 16.4. The smallest absolute Gasteiger partial charge is 0.231 e. The maximum Gasteiger partial charge on any atom is 0.231 e. The van der Waals surface area contributed by atoms with Gasteiger partial charge in [0.1, 0.15) is 0 Å². The summed E-state index contributed by atoms with van der Waals surface area (Å²) in [5.41, 5.74) is 11.7. The molecule has 3 amide bonds. The molecule has 262 valence electrons. The zero-order valence-corrected chi connectivity index (χ0v) is 29.0. The molecule has 0 aliphatic carbocycles. The van der Waals surface area contributed by atoms with Gasteiger partial charge in [-0.05, 0) is 78.3 Å². The van der Waals surface area contributed by atoms with E-state index in [-0.39, 0.29) is 20.8 Å². The first-order valence-corrected chi connectivity index (χ1v) is 17.8. The van der Waals surface area contributed by atoms with E-state index in [1.807, 2.05) is 56.2 Å². The minimum atomic E-state index is 0. The van der Waals surface area contributed by atoms with Gasteiger partial charge in [0, 0.05) is 38.2 Å². The average molecular weight is 656 g/mol. The van der Waals surface area contributed by atoms with Gasteiger partial charge in [0.2, 0.25) is 17.7 Å². The van der Waals surface area contributed by atoms with Crippen LogP contribution in [0.5, 0.6) is 0 Å². The number of hydrogen-bond donors (Lipinski definition) is 0. The van der Waals surface area contributed by atoms with Crippen LogP contribution >= 0.6 is 0 Å². The lowest BCUT2D eigenvalue weighted by Crippen LogP contribution is -2.39. The van der Waals surface area contributed by atoms with Crippen molar-refractivity contribution >= 4 is 34.8 Å². The summed E-state index contributed by atoms with van der Waals surface area (Å²) in [7, 11) is 0. The number of aryl methyl sites for hydroxylation is 4. The molecule has 0 saturated heterocycles. The number of benzene rings is 3. The second kappa shape index (κ2) is 19.2. The Bertz CT molecular complexity index is 1510. The van der Waals surface area contributed by atoms with Crippen LogP contribution in [0.4, 0.5) is 17.1 Å². The summed E-state index contributed by atoms with van der Waals surface area (Å²) in [6, 6.07) is 19.1. The SMILES string of the molecule is C.C.CC.CC.CC.O=C1CCc2cccc3c2N1CC3.O=C1CCc2cccc3c2N1CCC3.O=C1Cc2cccc3c2N1CCC3. The van der Waals surface area contributed by atoms with Crippen molar-refractivity contribution in [1.29, 1.82) is 0 Å². The molecule has 0 fully saturated rings. The predicted octanol–water partition coefficient (Wildman–Crippen LogP) is 9.31. The van der Waals surface area contributed by atoms with Crippen LogP contribution < -0.4 is 14.7 Å². The molecular weight excluding hydrogens is 594 g/mol. The summed E-state index contributed by atoms with van der Waals surface area (Å²) >= 11 is 0. The molecule has 0 unspecified atom stereocenters. The van der Waals surface area contributed by atoms with E-state index in [0.717, 1.165) is 64.6 Å². The number of amides is 3. The van der Waals surface area contributed by atoms with Gasteiger partial charge in [0.25, 0.3) is 0 Å². The van der Waals surface area contributed by atoms with Crippen LogP contribution in [0.2, 0.25) is 0 Å². The Labute approximate surface area is 291 Å². The third-order valence-electron chi connectivity index (χ3n) is 9.14.